The SMILES string of the molecule is C[C@H]1C[C@@]2(C)CC[C@](C)(C(=O)N[C@H](Cc3ccccc3)C(=O)O)C[C@@]2(C)C2=CC(=O)[C@H]3[C@@](C)(CC[C@H]4C(C)(C)[C@H](O)CC[C@]34C)[C@H]21. The zero-order valence-corrected chi connectivity index (χ0v) is 29.4. The molecule has 0 radical (unpaired) electrons. The summed E-state index contributed by atoms with van der Waals surface area (Å²) in [5.41, 5.74) is 0.360. The van der Waals surface area contributed by atoms with Gasteiger partial charge in [-0.1, -0.05) is 91.3 Å². The van der Waals surface area contributed by atoms with Gasteiger partial charge in [-0.3, -0.25) is 9.59 Å². The fraction of sp³-hybridized carbons (Fsp3) is 0.725. The highest BCUT2D eigenvalue weighted by Gasteiger charge is 2.70. The number of benzene rings is 1. The zero-order chi connectivity index (χ0) is 33.7. The molecule has 5 aliphatic rings. The van der Waals surface area contributed by atoms with E-state index in [0.29, 0.717) is 24.7 Å². The largest absolute Gasteiger partial charge is 0.480 e. The van der Waals surface area contributed by atoms with E-state index in [1.165, 1.54) is 5.57 Å². The summed E-state index contributed by atoms with van der Waals surface area (Å²) in [6.45, 7) is 18.2. The molecule has 0 aliphatic heterocycles. The normalized spacial score (nSPS) is 45.2. The number of ketones is 1. The molecule has 6 rings (SSSR count). The smallest absolute Gasteiger partial charge is 0.326 e. The number of hydrogen-bond acceptors (Lipinski definition) is 4. The van der Waals surface area contributed by atoms with Crippen LogP contribution >= 0.6 is 0 Å². The molecule has 11 atom stereocenters. The lowest BCUT2D eigenvalue weighted by atomic mass is 9.33. The van der Waals surface area contributed by atoms with E-state index in [1.807, 2.05) is 43.3 Å². The van der Waals surface area contributed by atoms with Crippen molar-refractivity contribution in [2.24, 2.45) is 56.2 Å². The third-order valence-electron chi connectivity index (χ3n) is 15.1. The van der Waals surface area contributed by atoms with Crippen molar-refractivity contribution in [2.75, 3.05) is 0 Å². The van der Waals surface area contributed by atoms with Crippen LogP contribution in [0.25, 0.3) is 0 Å². The van der Waals surface area contributed by atoms with E-state index >= 15 is 0 Å². The highest BCUT2D eigenvalue weighted by molar-refractivity contribution is 5.95. The summed E-state index contributed by atoms with van der Waals surface area (Å²) in [7, 11) is 0. The first-order valence-corrected chi connectivity index (χ1v) is 17.8. The minimum atomic E-state index is -1.03. The van der Waals surface area contributed by atoms with Crippen molar-refractivity contribution < 1.29 is 24.6 Å². The van der Waals surface area contributed by atoms with Crippen LogP contribution in [0.15, 0.2) is 42.0 Å². The predicted molar refractivity (Wildman–Crippen MR) is 180 cm³/mol. The Hall–Kier alpha value is -2.47. The maximum Gasteiger partial charge on any atom is 0.326 e. The second kappa shape index (κ2) is 10.8. The minimum Gasteiger partial charge on any atom is -0.480 e. The Morgan fingerprint density at radius 3 is 2.24 bits per heavy atom. The molecule has 1 aromatic carbocycles. The summed E-state index contributed by atoms with van der Waals surface area (Å²) in [5, 5.41) is 24.0. The van der Waals surface area contributed by atoms with Gasteiger partial charge in [0.05, 0.1) is 6.10 Å². The van der Waals surface area contributed by atoms with Gasteiger partial charge in [0.1, 0.15) is 6.04 Å². The molecule has 0 spiro atoms. The number of aliphatic hydroxyl groups excluding tert-OH is 1. The Kier molecular flexibility index (Phi) is 7.83. The summed E-state index contributed by atoms with van der Waals surface area (Å²) < 4.78 is 0. The molecule has 6 nitrogen and oxygen atoms in total. The van der Waals surface area contributed by atoms with E-state index in [9.17, 15) is 24.6 Å². The number of aliphatic carboxylic acids is 1. The number of carboxylic acids is 1. The molecule has 0 unspecified atom stereocenters. The number of nitrogens with one attached hydrogen (secondary N) is 1. The number of allylic oxidation sites excluding steroid dienone is 2. The van der Waals surface area contributed by atoms with E-state index in [-0.39, 0.29) is 63.1 Å². The monoisotopic (exact) mass is 631 g/mol. The topological polar surface area (TPSA) is 104 Å². The Morgan fingerprint density at radius 2 is 1.59 bits per heavy atom. The first-order valence-electron chi connectivity index (χ1n) is 17.8. The highest BCUT2D eigenvalue weighted by atomic mass is 16.4. The molecule has 3 N–H and O–H groups in total. The molecule has 4 saturated carbocycles. The number of rotatable bonds is 5. The Morgan fingerprint density at radius 1 is 0.935 bits per heavy atom. The average molecular weight is 632 g/mol. The second-order valence-electron chi connectivity index (χ2n) is 18.3. The molecule has 46 heavy (non-hydrogen) atoms. The molecule has 1 amide bonds. The van der Waals surface area contributed by atoms with Crippen molar-refractivity contribution in [2.45, 2.75) is 125 Å². The molecule has 0 heterocycles. The van der Waals surface area contributed by atoms with Crippen molar-refractivity contribution in [1.29, 1.82) is 0 Å². The summed E-state index contributed by atoms with van der Waals surface area (Å²) in [5.74, 6) is -0.110. The van der Waals surface area contributed by atoms with E-state index in [2.05, 4.69) is 53.8 Å². The molecular weight excluding hydrogens is 574 g/mol. The minimum absolute atomic E-state index is 0.0632. The van der Waals surface area contributed by atoms with Crippen LogP contribution in [0.4, 0.5) is 0 Å². The van der Waals surface area contributed by atoms with Gasteiger partial charge in [-0.25, -0.2) is 4.79 Å². The third kappa shape index (κ3) is 4.70. The summed E-state index contributed by atoms with van der Waals surface area (Å²) in [4.78, 5) is 41.1. The highest BCUT2D eigenvalue weighted by Crippen LogP contribution is 2.75. The Labute approximate surface area is 276 Å². The molecule has 252 valence electrons. The lowest BCUT2D eigenvalue weighted by Gasteiger charge is -2.70. The van der Waals surface area contributed by atoms with Crippen molar-refractivity contribution in [1.82, 2.24) is 5.32 Å². The maximum atomic E-state index is 14.7. The van der Waals surface area contributed by atoms with E-state index in [0.717, 1.165) is 44.1 Å². The van der Waals surface area contributed by atoms with Crippen molar-refractivity contribution in [3.63, 3.8) is 0 Å². The molecule has 1 aromatic rings. The van der Waals surface area contributed by atoms with Gasteiger partial charge in [-0.15, -0.1) is 0 Å². The Bertz CT molecular complexity index is 1450. The number of amides is 1. The van der Waals surface area contributed by atoms with Gasteiger partial charge in [0, 0.05) is 17.8 Å². The van der Waals surface area contributed by atoms with Crippen molar-refractivity contribution >= 4 is 17.7 Å². The number of fused-ring (bicyclic) bond motifs is 7. The first-order chi connectivity index (χ1) is 21.3. The van der Waals surface area contributed by atoms with Gasteiger partial charge in [-0.05, 0) is 108 Å². The van der Waals surface area contributed by atoms with Gasteiger partial charge >= 0.3 is 5.97 Å². The first kappa shape index (κ1) is 33.4. The van der Waals surface area contributed by atoms with Crippen LogP contribution in [0.5, 0.6) is 0 Å². The van der Waals surface area contributed by atoms with Gasteiger partial charge in [-0.2, -0.15) is 0 Å². The molecule has 0 aromatic heterocycles. The van der Waals surface area contributed by atoms with E-state index in [1.54, 1.807) is 0 Å². The fourth-order valence-corrected chi connectivity index (χ4v) is 12.7. The quantitative estimate of drug-likeness (QED) is 0.315. The molecule has 0 saturated heterocycles. The third-order valence-corrected chi connectivity index (χ3v) is 15.1. The van der Waals surface area contributed by atoms with E-state index in [4.69, 9.17) is 0 Å². The maximum absolute atomic E-state index is 14.7. The summed E-state index contributed by atoms with van der Waals surface area (Å²) >= 11 is 0. The van der Waals surface area contributed by atoms with Crippen LogP contribution < -0.4 is 5.32 Å². The fourth-order valence-electron chi connectivity index (χ4n) is 12.7. The number of carboxylic acid groups (broad SMARTS) is 1. The second-order valence-corrected chi connectivity index (χ2v) is 18.3. The molecule has 6 heteroatoms. The lowest BCUT2D eigenvalue weighted by Crippen LogP contribution is -2.66. The number of aliphatic hydroxyl groups is 1. The molecule has 0 bridgehead atoms. The molecule has 5 aliphatic carbocycles. The van der Waals surface area contributed by atoms with Crippen LogP contribution in [0.1, 0.15) is 112 Å². The van der Waals surface area contributed by atoms with Crippen LogP contribution in [0, 0.1) is 56.2 Å². The van der Waals surface area contributed by atoms with Crippen LogP contribution in [0.2, 0.25) is 0 Å². The average Bonchev–Trinajstić information content (AvgIpc) is 2.96. The van der Waals surface area contributed by atoms with Gasteiger partial charge in [0.2, 0.25) is 5.91 Å². The van der Waals surface area contributed by atoms with Crippen molar-refractivity contribution in [3.05, 3.63) is 47.5 Å². The number of hydrogen-bond donors (Lipinski definition) is 3. The van der Waals surface area contributed by atoms with Gasteiger partial charge in [0.25, 0.3) is 0 Å². The van der Waals surface area contributed by atoms with E-state index < -0.39 is 17.4 Å². The van der Waals surface area contributed by atoms with Crippen LogP contribution in [0.3, 0.4) is 0 Å². The molecule has 4 fully saturated rings. The standard InChI is InChI=1S/C40H57NO5/c1-24-22-37(5)19-18-36(4,34(46)41-27(33(44)45)20-25-12-10-9-11-13-25)23-40(37,8)26-21-28(42)32-38(6)17-15-30(43)35(2,3)29(38)14-16-39(32,7)31(24)26/h9-13,21,24,27,29-32,43H,14-20,22-23H2,1-8H3,(H,41,46)(H,44,45)/t24-,27+,29-,30+,31-,32+,36-,37+,38-,39-,40-/m0/s1. The lowest BCUT2D eigenvalue weighted by molar-refractivity contribution is -0.197. The number of carbonyl (C=O) groups is 3. The van der Waals surface area contributed by atoms with Crippen molar-refractivity contribution in [3.8, 4) is 0 Å². The van der Waals surface area contributed by atoms with Crippen LogP contribution in [-0.2, 0) is 20.8 Å². The van der Waals surface area contributed by atoms with Gasteiger partial charge < -0.3 is 15.5 Å². The summed E-state index contributed by atoms with van der Waals surface area (Å²) in [6, 6.07) is 8.45. The van der Waals surface area contributed by atoms with Crippen LogP contribution in [-0.4, -0.2) is 40.0 Å². The number of carbonyl (C=O) groups excluding carboxylic acids is 2. The predicted octanol–water partition coefficient (Wildman–Crippen LogP) is 7.39. The Balaban J connectivity index is 1.35. The summed E-state index contributed by atoms with van der Waals surface area (Å²) in [6.07, 6.45) is 8.73. The molecular formula is C40H57NO5. The van der Waals surface area contributed by atoms with Gasteiger partial charge in [0.15, 0.2) is 5.78 Å². The zero-order valence-electron chi connectivity index (χ0n) is 29.4.